The van der Waals surface area contributed by atoms with Crippen LogP contribution in [0.5, 0.6) is 0 Å². The fourth-order valence-electron chi connectivity index (χ4n) is 0. The van der Waals surface area contributed by atoms with Crippen LogP contribution >= 0.6 is 0 Å². The normalized spacial score (nSPS) is 9.00. The van der Waals surface area contributed by atoms with Crippen molar-refractivity contribution in [2.75, 3.05) is 0 Å². The van der Waals surface area contributed by atoms with Crippen LogP contribution in [0.15, 0.2) is 0 Å². The van der Waals surface area contributed by atoms with E-state index in [0.29, 0.717) is 0 Å². The van der Waals surface area contributed by atoms with Gasteiger partial charge in [0.1, 0.15) is 0 Å². The van der Waals surface area contributed by atoms with Crippen LogP contribution in [0.25, 0.3) is 0 Å². The first-order valence-corrected chi connectivity index (χ1v) is 26.3. The minimum atomic E-state index is -0.657. The molecule has 0 atom stereocenters. The molecule has 0 aliphatic rings. The SMILES string of the molecule is [CH3][Pb]([CH3])[CH3].[CH3][Pb]([CH3])[CH3]. The van der Waals surface area contributed by atoms with E-state index in [-0.39, 0.29) is 0 Å². The summed E-state index contributed by atoms with van der Waals surface area (Å²) in [6.07, 6.45) is 0. The van der Waals surface area contributed by atoms with Gasteiger partial charge in [-0.3, -0.25) is 0 Å². The van der Waals surface area contributed by atoms with Crippen LogP contribution < -0.4 is 0 Å². The Morgan fingerprint density at radius 1 is 0.500 bits per heavy atom. The van der Waals surface area contributed by atoms with Crippen molar-refractivity contribution in [1.29, 1.82) is 0 Å². The van der Waals surface area contributed by atoms with Gasteiger partial charge >= 0.3 is 72.3 Å². The van der Waals surface area contributed by atoms with Crippen molar-refractivity contribution in [2.24, 2.45) is 0 Å². The Morgan fingerprint density at radius 3 is 0.500 bits per heavy atom. The molecule has 0 saturated heterocycles. The van der Waals surface area contributed by atoms with Crippen LogP contribution in [0.1, 0.15) is 0 Å². The average molecular weight is 505 g/mol. The third-order valence-electron chi connectivity index (χ3n) is 0. The molecule has 0 rings (SSSR count). The summed E-state index contributed by atoms with van der Waals surface area (Å²) >= 11 is -1.31. The Kier molecular flexibility index (Phi) is 13.8. The molecule has 0 bridgehead atoms. The molecule has 0 spiro atoms. The number of hydrogen-bond acceptors (Lipinski definition) is 0. The van der Waals surface area contributed by atoms with Gasteiger partial charge in [-0.15, -0.1) is 0 Å². The van der Waals surface area contributed by atoms with E-state index in [2.05, 4.69) is 26.9 Å². The standard InChI is InChI=1S/6CH3.2Pb/h6*1H3;;. The molecule has 0 aromatic rings. The molecule has 0 aliphatic heterocycles. The Hall–Kier alpha value is 1.84. The summed E-state index contributed by atoms with van der Waals surface area (Å²) in [6, 6.07) is 0. The molecule has 0 fully saturated rings. The molecule has 0 N–H and O–H groups in total. The molecule has 50 valence electrons. The van der Waals surface area contributed by atoms with Gasteiger partial charge in [-0.25, -0.2) is 0 Å². The molecule has 0 saturated carbocycles. The molecule has 0 heterocycles. The van der Waals surface area contributed by atoms with Crippen LogP contribution in [0.3, 0.4) is 0 Å². The van der Waals surface area contributed by atoms with Gasteiger partial charge in [0, 0.05) is 0 Å². The maximum atomic E-state index is 2.38. The van der Waals surface area contributed by atoms with Crippen molar-refractivity contribution in [1.82, 2.24) is 0 Å². The predicted molar refractivity (Wildman–Crippen MR) is 46.7 cm³/mol. The van der Waals surface area contributed by atoms with Gasteiger partial charge in [0.05, 0.1) is 0 Å². The summed E-state index contributed by atoms with van der Waals surface area (Å²) in [7, 11) is 0. The van der Waals surface area contributed by atoms with Crippen molar-refractivity contribution >= 4 is 45.4 Å². The monoisotopic (exact) mass is 506 g/mol. The van der Waals surface area contributed by atoms with E-state index in [1.807, 2.05) is 0 Å². The van der Waals surface area contributed by atoms with Crippen molar-refractivity contribution in [3.63, 3.8) is 0 Å². The molecule has 0 nitrogen and oxygen atoms in total. The molecular formula is C6H18Pb2. The second-order valence-electron chi connectivity index (χ2n) is 3.00. The van der Waals surface area contributed by atoms with Gasteiger partial charge in [-0.1, -0.05) is 0 Å². The topological polar surface area (TPSA) is 0 Å². The first kappa shape index (κ1) is 12.5. The molecule has 0 amide bonds. The van der Waals surface area contributed by atoms with Gasteiger partial charge in [0.2, 0.25) is 0 Å². The van der Waals surface area contributed by atoms with Crippen molar-refractivity contribution in [3.8, 4) is 0 Å². The summed E-state index contributed by atoms with van der Waals surface area (Å²) < 4.78 is 14.3. The van der Waals surface area contributed by atoms with Crippen LogP contribution in [-0.4, -0.2) is 45.4 Å². The Balaban J connectivity index is 0. The molecule has 8 heavy (non-hydrogen) atoms. The predicted octanol–water partition coefficient (Wildman–Crippen LogP) is 2.74. The summed E-state index contributed by atoms with van der Waals surface area (Å²) in [6.45, 7) is 0. The van der Waals surface area contributed by atoms with Gasteiger partial charge in [0.25, 0.3) is 0 Å². The Labute approximate surface area is 71.3 Å². The zero-order valence-corrected chi connectivity index (χ0v) is 14.8. The Morgan fingerprint density at radius 2 is 0.500 bits per heavy atom. The van der Waals surface area contributed by atoms with E-state index < -0.39 is 45.4 Å². The molecule has 0 aromatic carbocycles. The summed E-state index contributed by atoms with van der Waals surface area (Å²) in [5, 5.41) is 0. The van der Waals surface area contributed by atoms with Gasteiger partial charge in [0.15, 0.2) is 0 Å². The van der Waals surface area contributed by atoms with Gasteiger partial charge < -0.3 is 0 Å². The fourth-order valence-corrected chi connectivity index (χ4v) is 0. The van der Waals surface area contributed by atoms with Crippen LogP contribution in [0, 0.1) is 0 Å². The molecule has 0 unspecified atom stereocenters. The second kappa shape index (κ2) is 8.84. The van der Waals surface area contributed by atoms with Crippen LogP contribution in [0.4, 0.5) is 0 Å². The average Bonchev–Trinajstić information content (AvgIpc) is 1.25. The Bertz CT molecular complexity index is 22.0. The zero-order chi connectivity index (χ0) is 7.15. The van der Waals surface area contributed by atoms with E-state index in [1.54, 1.807) is 0 Å². The van der Waals surface area contributed by atoms with E-state index in [4.69, 9.17) is 0 Å². The second-order valence-corrected chi connectivity index (χ2v) is 26.3. The molecule has 0 aliphatic carbocycles. The summed E-state index contributed by atoms with van der Waals surface area (Å²) in [5.74, 6) is 0. The van der Waals surface area contributed by atoms with Crippen LogP contribution in [0.2, 0.25) is 26.9 Å². The third kappa shape index (κ3) is 108. The molecule has 2 heteroatoms. The maximum absolute atomic E-state index is 2.38. The van der Waals surface area contributed by atoms with Crippen molar-refractivity contribution < 1.29 is 0 Å². The minimum absolute atomic E-state index is 0.657. The first-order valence-electron chi connectivity index (χ1n) is 3.00. The van der Waals surface area contributed by atoms with Crippen molar-refractivity contribution in [2.45, 2.75) is 26.9 Å². The van der Waals surface area contributed by atoms with Gasteiger partial charge in [-0.05, 0) is 0 Å². The van der Waals surface area contributed by atoms with E-state index in [0.717, 1.165) is 0 Å². The molecule has 2 radical (unpaired) electrons. The summed E-state index contributed by atoms with van der Waals surface area (Å²) in [5.41, 5.74) is 0. The zero-order valence-electron chi connectivity index (χ0n) is 7.00. The van der Waals surface area contributed by atoms with E-state index in [1.165, 1.54) is 0 Å². The van der Waals surface area contributed by atoms with Crippen LogP contribution in [-0.2, 0) is 0 Å². The third-order valence-corrected chi connectivity index (χ3v) is 0. The van der Waals surface area contributed by atoms with E-state index >= 15 is 0 Å². The molecular weight excluding hydrogens is 486 g/mol. The number of rotatable bonds is 0. The fraction of sp³-hybridized carbons (Fsp3) is 1.00. The summed E-state index contributed by atoms with van der Waals surface area (Å²) in [4.78, 5) is 0. The molecule has 0 aromatic heterocycles. The number of hydrogen-bond donors (Lipinski definition) is 0. The van der Waals surface area contributed by atoms with Gasteiger partial charge in [-0.2, -0.15) is 0 Å². The quantitative estimate of drug-likeness (QED) is 0.445. The van der Waals surface area contributed by atoms with E-state index in [9.17, 15) is 0 Å². The first-order chi connectivity index (χ1) is 3.46. The van der Waals surface area contributed by atoms with Crippen molar-refractivity contribution in [3.05, 3.63) is 0 Å².